The molecule has 0 radical (unpaired) electrons. The van der Waals surface area contributed by atoms with E-state index in [9.17, 15) is 24.3 Å². The Morgan fingerprint density at radius 2 is 0.569 bits per heavy atom. The van der Waals surface area contributed by atoms with E-state index in [1.165, 1.54) is 173 Å². The second-order valence-electron chi connectivity index (χ2n) is 23.8. The summed E-state index contributed by atoms with van der Waals surface area (Å²) in [5, 5.41) is 9.70. The van der Waals surface area contributed by atoms with Gasteiger partial charge in [0.15, 0.2) is 0 Å². The van der Waals surface area contributed by atoms with Gasteiger partial charge in [-0.3, -0.25) is 24.1 Å². The largest absolute Gasteiger partial charge is 0.465 e. The molecule has 0 amide bonds. The molecule has 0 aromatic heterocycles. The first kappa shape index (κ1) is 67.8. The summed E-state index contributed by atoms with van der Waals surface area (Å²) in [6, 6.07) is 0. The Morgan fingerprint density at radius 3 is 0.792 bits per heavy atom. The number of ether oxygens (including phenoxy) is 4. The summed E-state index contributed by atoms with van der Waals surface area (Å²) in [4.78, 5) is 54.7. The molecule has 0 aromatic carbocycles. The Balaban J connectivity index is 2.72. The van der Waals surface area contributed by atoms with Crippen molar-refractivity contribution in [1.29, 1.82) is 0 Å². The smallest absolute Gasteiger partial charge is 0.307 e. The Morgan fingerprint density at radius 1 is 0.361 bits per heavy atom. The van der Waals surface area contributed by atoms with Crippen LogP contribution in [0.15, 0.2) is 0 Å². The van der Waals surface area contributed by atoms with E-state index in [0.717, 1.165) is 75.5 Å². The fourth-order valence-electron chi connectivity index (χ4n) is 9.69. The molecule has 1 N–H and O–H groups in total. The Bertz CT molecular complexity index is 1160. The normalized spacial score (nSPS) is 13.3. The lowest BCUT2D eigenvalue weighted by Crippen LogP contribution is -2.51. The summed E-state index contributed by atoms with van der Waals surface area (Å²) in [5.74, 6) is 0.868. The summed E-state index contributed by atoms with van der Waals surface area (Å²) in [5.41, 5.74) is -1.25. The first-order chi connectivity index (χ1) is 34.8. The lowest BCUT2D eigenvalue weighted by atomic mass is 9.92. The van der Waals surface area contributed by atoms with Crippen molar-refractivity contribution in [3.8, 4) is 0 Å². The number of nitrogens with zero attached hydrogens (tertiary/aromatic N) is 1. The van der Waals surface area contributed by atoms with Crippen molar-refractivity contribution in [3.63, 3.8) is 0 Å². The van der Waals surface area contributed by atoms with Crippen LogP contribution in [0.1, 0.15) is 298 Å². The molecule has 0 saturated carbocycles. The van der Waals surface area contributed by atoms with Gasteiger partial charge in [-0.15, -0.1) is 0 Å². The van der Waals surface area contributed by atoms with Crippen molar-refractivity contribution >= 4 is 23.9 Å². The molecular weight excluding hydrogens is 903 g/mol. The fraction of sp³-hybridized carbons (Fsp3) is 0.935. The van der Waals surface area contributed by atoms with Crippen molar-refractivity contribution in [3.05, 3.63) is 0 Å². The van der Waals surface area contributed by atoms with E-state index in [-0.39, 0.29) is 76.1 Å². The molecule has 1 heterocycles. The molecule has 0 spiro atoms. The number of carbonyl (C=O) groups excluding carboxylic acids is 4. The van der Waals surface area contributed by atoms with Crippen molar-refractivity contribution in [1.82, 2.24) is 4.90 Å². The molecule has 72 heavy (non-hydrogen) atoms. The van der Waals surface area contributed by atoms with Crippen LogP contribution in [0.2, 0.25) is 0 Å². The Hall–Kier alpha value is -2.20. The van der Waals surface area contributed by atoms with E-state index in [4.69, 9.17) is 18.9 Å². The van der Waals surface area contributed by atoms with E-state index in [1.54, 1.807) is 0 Å². The van der Waals surface area contributed by atoms with Crippen LogP contribution in [0.5, 0.6) is 0 Å². The molecule has 1 saturated heterocycles. The number of hydrogen-bond donors (Lipinski definition) is 1. The summed E-state index contributed by atoms with van der Waals surface area (Å²) >= 11 is 0. The van der Waals surface area contributed by atoms with Gasteiger partial charge in [0.25, 0.3) is 0 Å². The Kier molecular flexibility index (Phi) is 44.5. The van der Waals surface area contributed by atoms with E-state index in [2.05, 4.69) is 41.5 Å². The molecule has 424 valence electrons. The molecule has 0 aliphatic carbocycles. The lowest BCUT2D eigenvalue weighted by molar-refractivity contribution is -0.171. The second kappa shape index (κ2) is 47.3. The standard InChI is InChI=1S/C62H117NO9/c1-54(2)40-34-28-22-16-10-7-13-19-25-31-37-43-58(65)69-50-62(53-72-61(68)46-47-63-48-57(64)49-63,51-70-59(66)44-38-32-26-20-14-8-11-17-23-29-35-41-55(3)4)52-71-60(67)45-39-33-27-21-15-9-12-18-24-30-36-42-56(5)6/h54-57,64H,7-53H2,1-6H3. The summed E-state index contributed by atoms with van der Waals surface area (Å²) in [7, 11) is 0. The zero-order valence-electron chi connectivity index (χ0n) is 48.2. The zero-order chi connectivity index (χ0) is 52.8. The summed E-state index contributed by atoms with van der Waals surface area (Å²) < 4.78 is 23.4. The van der Waals surface area contributed by atoms with E-state index < -0.39 is 11.4 Å². The number of carbonyl (C=O) groups is 4. The highest BCUT2D eigenvalue weighted by atomic mass is 16.6. The molecule has 10 heteroatoms. The molecule has 1 aliphatic rings. The van der Waals surface area contributed by atoms with Gasteiger partial charge in [0.2, 0.25) is 0 Å². The molecule has 10 nitrogen and oxygen atoms in total. The van der Waals surface area contributed by atoms with Crippen molar-refractivity contribution < 1.29 is 43.2 Å². The van der Waals surface area contributed by atoms with Crippen molar-refractivity contribution in [2.24, 2.45) is 23.2 Å². The topological polar surface area (TPSA) is 129 Å². The van der Waals surface area contributed by atoms with Crippen LogP contribution in [0, 0.1) is 23.2 Å². The monoisotopic (exact) mass is 1020 g/mol. The third-order valence-electron chi connectivity index (χ3n) is 14.7. The van der Waals surface area contributed by atoms with Crippen molar-refractivity contribution in [2.45, 2.75) is 304 Å². The number of unbranched alkanes of at least 4 members (excludes halogenated alkanes) is 30. The van der Waals surface area contributed by atoms with Crippen LogP contribution in [0.25, 0.3) is 0 Å². The number of aliphatic hydroxyl groups excluding tert-OH is 1. The first-order valence-corrected chi connectivity index (χ1v) is 30.8. The number of aliphatic hydroxyl groups is 1. The predicted molar refractivity (Wildman–Crippen MR) is 298 cm³/mol. The second-order valence-corrected chi connectivity index (χ2v) is 23.8. The Labute approximate surface area is 444 Å². The van der Waals surface area contributed by atoms with Gasteiger partial charge in [-0.05, 0) is 37.0 Å². The van der Waals surface area contributed by atoms with Gasteiger partial charge in [-0.2, -0.15) is 0 Å². The van der Waals surface area contributed by atoms with Gasteiger partial charge in [0.05, 0.1) is 12.5 Å². The van der Waals surface area contributed by atoms with Gasteiger partial charge in [0, 0.05) is 38.9 Å². The average Bonchev–Trinajstić information content (AvgIpc) is 3.33. The maximum absolute atomic E-state index is 13.2. The lowest BCUT2D eigenvalue weighted by Gasteiger charge is -2.35. The quantitative estimate of drug-likeness (QED) is 0.0357. The molecule has 0 atom stereocenters. The van der Waals surface area contributed by atoms with Gasteiger partial charge >= 0.3 is 23.9 Å². The maximum Gasteiger partial charge on any atom is 0.307 e. The minimum absolute atomic E-state index is 0.123. The van der Waals surface area contributed by atoms with Gasteiger partial charge in [-0.1, -0.05) is 253 Å². The highest BCUT2D eigenvalue weighted by Crippen LogP contribution is 2.25. The SMILES string of the molecule is CC(C)CCCCCCCCCCCCCC(=O)OCC(COC(=O)CCCCCCCCCCCCCC(C)C)(COC(=O)CCCCCCCCCCCCCC(C)C)COC(=O)CCN1CC(O)C1. The van der Waals surface area contributed by atoms with Crippen LogP contribution in [-0.2, 0) is 38.1 Å². The number of hydrogen-bond acceptors (Lipinski definition) is 10. The fourth-order valence-corrected chi connectivity index (χ4v) is 9.69. The number of likely N-dealkylation sites (tertiary alicyclic amines) is 1. The van der Waals surface area contributed by atoms with E-state index in [0.29, 0.717) is 19.6 Å². The predicted octanol–water partition coefficient (Wildman–Crippen LogP) is 16.4. The number of rotatable bonds is 53. The average molecular weight is 1020 g/mol. The molecule has 1 fully saturated rings. The van der Waals surface area contributed by atoms with Crippen LogP contribution in [0.3, 0.4) is 0 Å². The maximum atomic E-state index is 13.2. The third-order valence-corrected chi connectivity index (χ3v) is 14.7. The van der Waals surface area contributed by atoms with Gasteiger partial charge < -0.3 is 24.1 Å². The third kappa shape index (κ3) is 44.1. The molecule has 1 aliphatic heterocycles. The van der Waals surface area contributed by atoms with Crippen molar-refractivity contribution in [2.75, 3.05) is 46.1 Å². The highest BCUT2D eigenvalue weighted by molar-refractivity contribution is 5.71. The van der Waals surface area contributed by atoms with E-state index >= 15 is 0 Å². The van der Waals surface area contributed by atoms with Crippen LogP contribution in [0.4, 0.5) is 0 Å². The number of esters is 4. The van der Waals surface area contributed by atoms with Crippen LogP contribution >= 0.6 is 0 Å². The summed E-state index contributed by atoms with van der Waals surface area (Å²) in [6.45, 7) is 14.5. The minimum Gasteiger partial charge on any atom is -0.465 e. The zero-order valence-corrected chi connectivity index (χ0v) is 48.2. The molecular formula is C62H117NO9. The van der Waals surface area contributed by atoms with Gasteiger partial charge in [-0.25, -0.2) is 0 Å². The van der Waals surface area contributed by atoms with Gasteiger partial charge in [0.1, 0.15) is 31.8 Å². The highest BCUT2D eigenvalue weighted by Gasteiger charge is 2.38. The summed E-state index contributed by atoms with van der Waals surface area (Å²) in [6.07, 6.45) is 43.8. The first-order valence-electron chi connectivity index (χ1n) is 30.8. The molecule has 0 bridgehead atoms. The van der Waals surface area contributed by atoms with Crippen LogP contribution in [-0.4, -0.2) is 86.0 Å². The van der Waals surface area contributed by atoms with E-state index in [1.807, 2.05) is 4.90 Å². The van der Waals surface area contributed by atoms with Crippen LogP contribution < -0.4 is 0 Å². The molecule has 0 unspecified atom stereocenters. The molecule has 1 rings (SSSR count). The molecule has 0 aromatic rings. The number of β-amino-alcohol motifs (C(OH)–C–C–N with tert-alkyl or cyclic N) is 1. The minimum atomic E-state index is -1.25.